The van der Waals surface area contributed by atoms with Gasteiger partial charge in [-0.25, -0.2) is 0 Å². The van der Waals surface area contributed by atoms with Crippen LogP contribution in [0.2, 0.25) is 10.0 Å². The molecule has 1 atom stereocenters. The predicted octanol–water partition coefficient (Wildman–Crippen LogP) is 2.28. The first-order valence-electron chi connectivity index (χ1n) is 5.59. The molecule has 4 nitrogen and oxygen atoms in total. The molecular formula is C12H13Cl2NO3. The van der Waals surface area contributed by atoms with Gasteiger partial charge in [-0.05, 0) is 24.6 Å². The first-order valence-corrected chi connectivity index (χ1v) is 6.35. The van der Waals surface area contributed by atoms with Gasteiger partial charge in [-0.2, -0.15) is 0 Å². The van der Waals surface area contributed by atoms with E-state index >= 15 is 0 Å². The summed E-state index contributed by atoms with van der Waals surface area (Å²) in [6, 6.07) is 4.91. The normalized spacial score (nSPS) is 18.7. The van der Waals surface area contributed by atoms with E-state index in [4.69, 9.17) is 32.7 Å². The maximum atomic E-state index is 11.6. The van der Waals surface area contributed by atoms with Gasteiger partial charge in [-0.3, -0.25) is 4.79 Å². The highest BCUT2D eigenvalue weighted by molar-refractivity contribution is 6.34. The van der Waals surface area contributed by atoms with Gasteiger partial charge in [-0.1, -0.05) is 23.2 Å². The van der Waals surface area contributed by atoms with E-state index in [0.29, 0.717) is 29.0 Å². The molecule has 0 radical (unpaired) electrons. The molecule has 1 heterocycles. The Bertz CT molecular complexity index is 413. The summed E-state index contributed by atoms with van der Waals surface area (Å²) < 4.78 is 10.5. The number of benzene rings is 1. The quantitative estimate of drug-likeness (QED) is 0.925. The Labute approximate surface area is 115 Å². The molecule has 2 rings (SSSR count). The summed E-state index contributed by atoms with van der Waals surface area (Å²) in [5.74, 6) is 0.298. The lowest BCUT2D eigenvalue weighted by Gasteiger charge is -2.11. The van der Waals surface area contributed by atoms with Crippen LogP contribution in [0.3, 0.4) is 0 Å². The van der Waals surface area contributed by atoms with E-state index in [1.54, 1.807) is 18.2 Å². The molecule has 0 spiro atoms. The van der Waals surface area contributed by atoms with E-state index in [9.17, 15) is 4.79 Å². The second-order valence-electron chi connectivity index (χ2n) is 4.02. The summed E-state index contributed by atoms with van der Waals surface area (Å²) in [5, 5.41) is 3.77. The second-order valence-corrected chi connectivity index (χ2v) is 4.89. The van der Waals surface area contributed by atoms with Crippen LogP contribution in [0.25, 0.3) is 0 Å². The molecule has 1 aliphatic rings. The molecule has 1 N–H and O–H groups in total. The van der Waals surface area contributed by atoms with Gasteiger partial charge in [0.1, 0.15) is 5.75 Å². The third kappa shape index (κ3) is 4.05. The van der Waals surface area contributed by atoms with Crippen molar-refractivity contribution >= 4 is 29.1 Å². The highest BCUT2D eigenvalue weighted by Crippen LogP contribution is 2.24. The first kappa shape index (κ1) is 13.5. The summed E-state index contributed by atoms with van der Waals surface area (Å²) in [6.07, 6.45) is 0.842. The van der Waals surface area contributed by atoms with Crippen LogP contribution in [0, 0.1) is 0 Å². The third-order valence-electron chi connectivity index (χ3n) is 2.50. The predicted molar refractivity (Wildman–Crippen MR) is 69.3 cm³/mol. The van der Waals surface area contributed by atoms with Crippen molar-refractivity contribution < 1.29 is 14.3 Å². The van der Waals surface area contributed by atoms with Crippen LogP contribution in [-0.2, 0) is 9.53 Å². The fourth-order valence-electron chi connectivity index (χ4n) is 1.68. The Morgan fingerprint density at radius 2 is 2.11 bits per heavy atom. The molecular weight excluding hydrogens is 277 g/mol. The number of amides is 1. The minimum absolute atomic E-state index is 0.0623. The highest BCUT2D eigenvalue weighted by Gasteiger charge is 2.17. The number of ether oxygens (including phenoxy) is 2. The number of carbonyl (C=O) groups is 1. The number of hydrogen-bond donors (Lipinski definition) is 1. The number of nitrogens with one attached hydrogen (secondary N) is 1. The fourth-order valence-corrected chi connectivity index (χ4v) is 2.18. The zero-order chi connectivity index (χ0) is 13.0. The Kier molecular flexibility index (Phi) is 4.69. The van der Waals surface area contributed by atoms with Crippen LogP contribution in [0.1, 0.15) is 6.42 Å². The van der Waals surface area contributed by atoms with Gasteiger partial charge in [0.2, 0.25) is 0 Å². The lowest BCUT2D eigenvalue weighted by molar-refractivity contribution is -0.123. The average molecular weight is 290 g/mol. The van der Waals surface area contributed by atoms with Crippen LogP contribution in [0.4, 0.5) is 0 Å². The lowest BCUT2D eigenvalue weighted by atomic mass is 10.2. The van der Waals surface area contributed by atoms with Crippen LogP contribution in [0.15, 0.2) is 18.2 Å². The Balaban J connectivity index is 1.81. The highest BCUT2D eigenvalue weighted by atomic mass is 35.5. The molecule has 1 aromatic carbocycles. The van der Waals surface area contributed by atoms with Crippen molar-refractivity contribution in [3.63, 3.8) is 0 Å². The number of carbonyl (C=O) groups excluding carboxylic acids is 1. The van der Waals surface area contributed by atoms with Gasteiger partial charge >= 0.3 is 0 Å². The Morgan fingerprint density at radius 3 is 2.72 bits per heavy atom. The standard InChI is InChI=1S/C12H13Cl2NO3/c13-8-3-9(14)5-11(4-8)18-7-12(16)15-10-1-2-17-6-10/h3-5,10H,1-2,6-7H2,(H,15,16)/t10-/m1/s1. The fraction of sp³-hybridized carbons (Fsp3) is 0.417. The number of hydrogen-bond acceptors (Lipinski definition) is 3. The molecule has 0 saturated carbocycles. The number of rotatable bonds is 4. The molecule has 6 heteroatoms. The van der Waals surface area contributed by atoms with Crippen LogP contribution >= 0.6 is 23.2 Å². The second kappa shape index (κ2) is 6.27. The van der Waals surface area contributed by atoms with Gasteiger partial charge < -0.3 is 14.8 Å². The minimum Gasteiger partial charge on any atom is -0.484 e. The summed E-state index contributed by atoms with van der Waals surface area (Å²) in [6.45, 7) is 1.19. The molecule has 0 aromatic heterocycles. The summed E-state index contributed by atoms with van der Waals surface area (Å²) in [7, 11) is 0. The lowest BCUT2D eigenvalue weighted by Crippen LogP contribution is -2.38. The molecule has 0 unspecified atom stereocenters. The van der Waals surface area contributed by atoms with Crippen molar-refractivity contribution in [2.75, 3.05) is 19.8 Å². The Morgan fingerprint density at radius 1 is 1.39 bits per heavy atom. The zero-order valence-corrected chi connectivity index (χ0v) is 11.1. The van der Waals surface area contributed by atoms with Gasteiger partial charge in [0.05, 0.1) is 12.6 Å². The smallest absolute Gasteiger partial charge is 0.258 e. The number of halogens is 2. The van der Waals surface area contributed by atoms with Crippen molar-refractivity contribution in [3.8, 4) is 5.75 Å². The summed E-state index contributed by atoms with van der Waals surface area (Å²) in [4.78, 5) is 11.6. The van der Waals surface area contributed by atoms with Crippen LogP contribution in [0.5, 0.6) is 5.75 Å². The van der Waals surface area contributed by atoms with Crippen LogP contribution < -0.4 is 10.1 Å². The molecule has 1 aromatic rings. The summed E-state index contributed by atoms with van der Waals surface area (Å²) >= 11 is 11.6. The van der Waals surface area contributed by atoms with Crippen molar-refractivity contribution in [2.45, 2.75) is 12.5 Å². The molecule has 0 bridgehead atoms. The average Bonchev–Trinajstić information content (AvgIpc) is 2.78. The SMILES string of the molecule is O=C(COc1cc(Cl)cc(Cl)c1)N[C@@H]1CCOC1. The molecule has 0 aliphatic carbocycles. The van der Waals surface area contributed by atoms with E-state index in [1.165, 1.54) is 0 Å². The minimum atomic E-state index is -0.179. The zero-order valence-electron chi connectivity index (χ0n) is 9.62. The maximum absolute atomic E-state index is 11.6. The van der Waals surface area contributed by atoms with Gasteiger partial charge in [0, 0.05) is 16.7 Å². The van der Waals surface area contributed by atoms with E-state index in [2.05, 4.69) is 5.32 Å². The monoisotopic (exact) mass is 289 g/mol. The largest absolute Gasteiger partial charge is 0.484 e. The van der Waals surface area contributed by atoms with E-state index in [1.807, 2.05) is 0 Å². The molecule has 1 fully saturated rings. The van der Waals surface area contributed by atoms with Crippen molar-refractivity contribution in [3.05, 3.63) is 28.2 Å². The molecule has 1 amide bonds. The van der Waals surface area contributed by atoms with Crippen LogP contribution in [-0.4, -0.2) is 31.8 Å². The molecule has 18 heavy (non-hydrogen) atoms. The molecule has 98 valence electrons. The molecule has 1 aliphatic heterocycles. The van der Waals surface area contributed by atoms with E-state index < -0.39 is 0 Å². The van der Waals surface area contributed by atoms with E-state index in [-0.39, 0.29) is 18.6 Å². The van der Waals surface area contributed by atoms with Crippen molar-refractivity contribution in [2.24, 2.45) is 0 Å². The third-order valence-corrected chi connectivity index (χ3v) is 2.94. The van der Waals surface area contributed by atoms with Crippen molar-refractivity contribution in [1.82, 2.24) is 5.32 Å². The van der Waals surface area contributed by atoms with Gasteiger partial charge in [-0.15, -0.1) is 0 Å². The van der Waals surface area contributed by atoms with E-state index in [0.717, 1.165) is 6.42 Å². The van der Waals surface area contributed by atoms with Gasteiger partial charge in [0.25, 0.3) is 5.91 Å². The first-order chi connectivity index (χ1) is 8.63. The summed E-state index contributed by atoms with van der Waals surface area (Å²) in [5.41, 5.74) is 0. The van der Waals surface area contributed by atoms with Crippen molar-refractivity contribution in [1.29, 1.82) is 0 Å². The topological polar surface area (TPSA) is 47.6 Å². The Hall–Kier alpha value is -0.970. The van der Waals surface area contributed by atoms with Gasteiger partial charge in [0.15, 0.2) is 6.61 Å². The molecule has 1 saturated heterocycles. The maximum Gasteiger partial charge on any atom is 0.258 e.